The number of methoxy groups -OCH3 is 1. The zero-order valence-electron chi connectivity index (χ0n) is 9.82. The Bertz CT molecular complexity index is 355. The molecule has 0 saturated carbocycles. The first-order valence-corrected chi connectivity index (χ1v) is 6.34. The Morgan fingerprint density at radius 1 is 1.50 bits per heavy atom. The summed E-state index contributed by atoms with van der Waals surface area (Å²) in [5.41, 5.74) is 0.720. The molecule has 1 aromatic rings. The average Bonchev–Trinajstić information content (AvgIpc) is 2.29. The number of hydrogen-bond donors (Lipinski definition) is 1. The predicted molar refractivity (Wildman–Crippen MR) is 67.0 cm³/mol. The van der Waals surface area contributed by atoms with Gasteiger partial charge >= 0.3 is 0 Å². The maximum absolute atomic E-state index is 11.9. The van der Waals surface area contributed by atoms with Crippen molar-refractivity contribution in [3.63, 3.8) is 0 Å². The molecule has 1 amide bonds. The molecule has 0 bridgehead atoms. The number of rotatable bonds is 5. The highest BCUT2D eigenvalue weighted by molar-refractivity contribution is 7.98. The minimum Gasteiger partial charge on any atom is -0.383 e. The quantitative estimate of drug-likeness (QED) is 0.800. The molecule has 3 nitrogen and oxygen atoms in total. The van der Waals surface area contributed by atoms with Gasteiger partial charge in [-0.05, 0) is 25.3 Å². The van der Waals surface area contributed by atoms with Crippen LogP contribution in [0.4, 0.5) is 0 Å². The largest absolute Gasteiger partial charge is 0.383 e. The molecular formula is C12H17NO2S. The molecule has 0 fully saturated rings. The Morgan fingerprint density at radius 3 is 2.81 bits per heavy atom. The molecule has 0 heterocycles. The van der Waals surface area contributed by atoms with Crippen LogP contribution in [0.15, 0.2) is 29.2 Å². The lowest BCUT2D eigenvalue weighted by molar-refractivity contribution is 0.0902. The van der Waals surface area contributed by atoms with Crippen LogP contribution in [-0.4, -0.2) is 31.9 Å². The minimum atomic E-state index is -0.0468. The van der Waals surface area contributed by atoms with Crippen LogP contribution in [0.25, 0.3) is 0 Å². The van der Waals surface area contributed by atoms with Gasteiger partial charge in [-0.2, -0.15) is 0 Å². The van der Waals surface area contributed by atoms with Gasteiger partial charge in [0.05, 0.1) is 12.2 Å². The third-order valence-electron chi connectivity index (χ3n) is 2.15. The van der Waals surface area contributed by atoms with Crippen molar-refractivity contribution < 1.29 is 9.53 Å². The van der Waals surface area contributed by atoms with E-state index in [1.807, 2.05) is 37.4 Å². The van der Waals surface area contributed by atoms with Crippen LogP contribution in [0.3, 0.4) is 0 Å². The summed E-state index contributed by atoms with van der Waals surface area (Å²) in [7, 11) is 1.62. The molecule has 88 valence electrons. The number of ether oxygens (including phenoxy) is 1. The Kier molecular flexibility index (Phi) is 5.35. The predicted octanol–water partition coefficient (Wildman–Crippen LogP) is 2.17. The fourth-order valence-electron chi connectivity index (χ4n) is 1.43. The number of nitrogens with one attached hydrogen (secondary N) is 1. The van der Waals surface area contributed by atoms with Gasteiger partial charge in [-0.3, -0.25) is 4.79 Å². The van der Waals surface area contributed by atoms with Crippen LogP contribution in [0.1, 0.15) is 17.3 Å². The van der Waals surface area contributed by atoms with Crippen molar-refractivity contribution in [3.8, 4) is 0 Å². The first-order valence-electron chi connectivity index (χ1n) is 5.12. The SMILES string of the molecule is COCC(C)NC(=O)c1ccccc1SC. The van der Waals surface area contributed by atoms with Crippen molar-refractivity contribution >= 4 is 17.7 Å². The summed E-state index contributed by atoms with van der Waals surface area (Å²) in [5.74, 6) is -0.0468. The van der Waals surface area contributed by atoms with E-state index in [-0.39, 0.29) is 11.9 Å². The molecule has 0 radical (unpaired) electrons. The van der Waals surface area contributed by atoms with E-state index in [1.165, 1.54) is 0 Å². The molecule has 0 aliphatic heterocycles. The summed E-state index contributed by atoms with van der Waals surface area (Å²) in [6, 6.07) is 7.60. The first kappa shape index (κ1) is 13.1. The van der Waals surface area contributed by atoms with Gasteiger partial charge in [0, 0.05) is 18.0 Å². The summed E-state index contributed by atoms with van der Waals surface area (Å²) in [6.07, 6.45) is 1.96. The maximum atomic E-state index is 11.9. The van der Waals surface area contributed by atoms with E-state index in [4.69, 9.17) is 4.74 Å². The maximum Gasteiger partial charge on any atom is 0.252 e. The third kappa shape index (κ3) is 3.54. The van der Waals surface area contributed by atoms with Crippen LogP contribution < -0.4 is 5.32 Å². The summed E-state index contributed by atoms with van der Waals surface area (Å²) in [5, 5.41) is 2.89. The molecule has 0 aliphatic rings. The van der Waals surface area contributed by atoms with Crippen molar-refractivity contribution in [2.24, 2.45) is 0 Å². The highest BCUT2D eigenvalue weighted by atomic mass is 32.2. The molecule has 1 aromatic carbocycles. The second kappa shape index (κ2) is 6.55. The molecule has 16 heavy (non-hydrogen) atoms. The highest BCUT2D eigenvalue weighted by Gasteiger charge is 2.12. The van der Waals surface area contributed by atoms with E-state index in [0.717, 1.165) is 10.5 Å². The lowest BCUT2D eigenvalue weighted by Crippen LogP contribution is -2.35. The second-order valence-electron chi connectivity index (χ2n) is 3.53. The van der Waals surface area contributed by atoms with Crippen molar-refractivity contribution in [1.29, 1.82) is 0 Å². The van der Waals surface area contributed by atoms with Crippen LogP contribution in [0.2, 0.25) is 0 Å². The molecule has 4 heteroatoms. The molecule has 1 atom stereocenters. The molecule has 0 spiro atoms. The number of hydrogen-bond acceptors (Lipinski definition) is 3. The lowest BCUT2D eigenvalue weighted by Gasteiger charge is -2.14. The Hall–Kier alpha value is -1.00. The van der Waals surface area contributed by atoms with Crippen LogP contribution in [0.5, 0.6) is 0 Å². The minimum absolute atomic E-state index is 0.0208. The fraction of sp³-hybridized carbons (Fsp3) is 0.417. The zero-order chi connectivity index (χ0) is 12.0. The molecule has 0 aliphatic carbocycles. The van der Waals surface area contributed by atoms with E-state index < -0.39 is 0 Å². The van der Waals surface area contributed by atoms with Gasteiger partial charge in [0.25, 0.3) is 5.91 Å². The van der Waals surface area contributed by atoms with Crippen molar-refractivity contribution in [2.75, 3.05) is 20.0 Å². The van der Waals surface area contributed by atoms with E-state index in [1.54, 1.807) is 18.9 Å². The van der Waals surface area contributed by atoms with Gasteiger partial charge < -0.3 is 10.1 Å². The first-order chi connectivity index (χ1) is 7.69. The van der Waals surface area contributed by atoms with Gasteiger partial charge in [-0.1, -0.05) is 12.1 Å². The van der Waals surface area contributed by atoms with Gasteiger partial charge in [-0.15, -0.1) is 11.8 Å². The lowest BCUT2D eigenvalue weighted by atomic mass is 10.2. The molecule has 1 unspecified atom stereocenters. The summed E-state index contributed by atoms with van der Waals surface area (Å²) in [6.45, 7) is 2.44. The van der Waals surface area contributed by atoms with Gasteiger partial charge in [-0.25, -0.2) is 0 Å². The zero-order valence-corrected chi connectivity index (χ0v) is 10.6. The summed E-state index contributed by atoms with van der Waals surface area (Å²) >= 11 is 1.57. The van der Waals surface area contributed by atoms with E-state index >= 15 is 0 Å². The van der Waals surface area contributed by atoms with E-state index in [0.29, 0.717) is 6.61 Å². The Labute approximate surface area is 101 Å². The number of carbonyl (C=O) groups is 1. The monoisotopic (exact) mass is 239 g/mol. The topological polar surface area (TPSA) is 38.3 Å². The van der Waals surface area contributed by atoms with Crippen molar-refractivity contribution in [1.82, 2.24) is 5.32 Å². The third-order valence-corrected chi connectivity index (χ3v) is 2.94. The number of carbonyl (C=O) groups excluding carboxylic acids is 1. The molecule has 1 rings (SSSR count). The molecule has 0 saturated heterocycles. The van der Waals surface area contributed by atoms with Crippen LogP contribution >= 0.6 is 11.8 Å². The Morgan fingerprint density at radius 2 is 2.19 bits per heavy atom. The number of amides is 1. The molecule has 0 aromatic heterocycles. The Balaban J connectivity index is 2.72. The highest BCUT2D eigenvalue weighted by Crippen LogP contribution is 2.19. The summed E-state index contributed by atoms with van der Waals surface area (Å²) in [4.78, 5) is 12.9. The van der Waals surface area contributed by atoms with Crippen molar-refractivity contribution in [3.05, 3.63) is 29.8 Å². The normalized spacial score (nSPS) is 12.2. The second-order valence-corrected chi connectivity index (χ2v) is 4.38. The molecule has 1 N–H and O–H groups in total. The summed E-state index contributed by atoms with van der Waals surface area (Å²) < 4.78 is 4.98. The van der Waals surface area contributed by atoms with Gasteiger partial charge in [0.1, 0.15) is 0 Å². The van der Waals surface area contributed by atoms with Gasteiger partial charge in [0.15, 0.2) is 0 Å². The smallest absolute Gasteiger partial charge is 0.252 e. The van der Waals surface area contributed by atoms with E-state index in [2.05, 4.69) is 5.32 Å². The fourth-order valence-corrected chi connectivity index (χ4v) is 2.02. The van der Waals surface area contributed by atoms with Crippen molar-refractivity contribution in [2.45, 2.75) is 17.9 Å². The number of thioether (sulfide) groups is 1. The van der Waals surface area contributed by atoms with Crippen LogP contribution in [-0.2, 0) is 4.74 Å². The standard InChI is InChI=1S/C12H17NO2S/c1-9(8-15-2)13-12(14)10-6-4-5-7-11(10)16-3/h4-7,9H,8H2,1-3H3,(H,13,14). The van der Waals surface area contributed by atoms with Crippen LogP contribution in [0, 0.1) is 0 Å². The number of benzene rings is 1. The molecular weight excluding hydrogens is 222 g/mol. The average molecular weight is 239 g/mol. The van der Waals surface area contributed by atoms with E-state index in [9.17, 15) is 4.79 Å². The van der Waals surface area contributed by atoms with Gasteiger partial charge in [0.2, 0.25) is 0 Å².